The number of hydrogen-bond acceptors (Lipinski definition) is 5. The highest BCUT2D eigenvalue weighted by molar-refractivity contribution is 14.1. The van der Waals surface area contributed by atoms with Crippen LogP contribution in [0, 0.1) is 21.0 Å². The summed E-state index contributed by atoms with van der Waals surface area (Å²) in [5, 5.41) is 9.06. The normalized spacial score (nSPS) is 10.9. The monoisotopic (exact) mass is 466 g/mol. The maximum atomic E-state index is 14.3. The predicted molar refractivity (Wildman–Crippen MR) is 91.5 cm³/mol. The van der Waals surface area contributed by atoms with Gasteiger partial charge in [-0.3, -0.25) is 0 Å². The van der Waals surface area contributed by atoms with Crippen LogP contribution < -0.4 is 11.1 Å². The number of benzene rings is 2. The number of aromatic nitrogens is 2. The molecule has 0 atom stereocenters. The molecule has 124 valence electrons. The van der Waals surface area contributed by atoms with E-state index in [-0.39, 0.29) is 23.2 Å². The average molecular weight is 467 g/mol. The minimum absolute atomic E-state index is 0.0546. The van der Waals surface area contributed by atoms with Crippen LogP contribution in [0.2, 0.25) is 5.02 Å². The molecule has 0 saturated carbocycles. The molecule has 0 spiro atoms. The Bertz CT molecular complexity index is 935. The van der Waals surface area contributed by atoms with E-state index in [1.54, 1.807) is 6.07 Å². The summed E-state index contributed by atoms with van der Waals surface area (Å²) in [6.07, 6.45) is 0. The zero-order chi connectivity index (χ0) is 17.4. The van der Waals surface area contributed by atoms with E-state index in [1.165, 1.54) is 12.1 Å². The van der Waals surface area contributed by atoms with Gasteiger partial charge >= 0.3 is 6.01 Å². The smallest absolute Gasteiger partial charge is 0.313 e. The highest BCUT2D eigenvalue weighted by atomic mass is 127. The third kappa shape index (κ3) is 3.13. The molecule has 10 heteroatoms. The second kappa shape index (κ2) is 6.48. The minimum Gasteiger partial charge on any atom is -0.403 e. The zero-order valence-corrected chi connectivity index (χ0v) is 14.5. The number of rotatable bonds is 3. The molecule has 2 aromatic carbocycles. The molecule has 3 rings (SSSR count). The van der Waals surface area contributed by atoms with Gasteiger partial charge < -0.3 is 15.5 Å². The lowest BCUT2D eigenvalue weighted by Crippen LogP contribution is -2.02. The number of nitrogens with one attached hydrogen (secondary N) is 1. The number of hydrogen-bond donors (Lipinski definition) is 2. The van der Waals surface area contributed by atoms with Crippen molar-refractivity contribution in [2.75, 3.05) is 11.1 Å². The third-order valence-corrected chi connectivity index (χ3v) is 3.97. The predicted octanol–water partition coefficient (Wildman–Crippen LogP) is 4.74. The molecule has 0 aliphatic carbocycles. The van der Waals surface area contributed by atoms with Crippen LogP contribution in [0.5, 0.6) is 0 Å². The van der Waals surface area contributed by atoms with E-state index in [0.717, 1.165) is 6.07 Å². The van der Waals surface area contributed by atoms with E-state index in [9.17, 15) is 13.2 Å². The van der Waals surface area contributed by atoms with Gasteiger partial charge in [0.1, 0.15) is 5.82 Å². The highest BCUT2D eigenvalue weighted by Gasteiger charge is 2.23. The van der Waals surface area contributed by atoms with E-state index in [4.69, 9.17) is 21.8 Å². The summed E-state index contributed by atoms with van der Waals surface area (Å²) in [4.78, 5) is 0. The number of anilines is 3. The molecule has 3 aromatic rings. The number of nitrogen functional groups attached to an aromatic ring is 1. The summed E-state index contributed by atoms with van der Waals surface area (Å²) >= 11 is 7.59. The lowest BCUT2D eigenvalue weighted by atomic mass is 10.1. The fourth-order valence-electron chi connectivity index (χ4n) is 1.95. The van der Waals surface area contributed by atoms with Crippen LogP contribution in [-0.4, -0.2) is 10.2 Å². The Labute approximate surface area is 152 Å². The lowest BCUT2D eigenvalue weighted by molar-refractivity contribution is 0.511. The molecule has 0 amide bonds. The van der Waals surface area contributed by atoms with Crippen molar-refractivity contribution in [3.8, 4) is 11.5 Å². The van der Waals surface area contributed by atoms with Gasteiger partial charge in [-0.25, -0.2) is 13.2 Å². The van der Waals surface area contributed by atoms with E-state index in [0.29, 0.717) is 3.57 Å². The Morgan fingerprint density at radius 2 is 1.88 bits per heavy atom. The minimum atomic E-state index is -1.31. The summed E-state index contributed by atoms with van der Waals surface area (Å²) in [5.74, 6) is -3.44. The number of nitrogens with two attached hydrogens (primary N) is 1. The van der Waals surface area contributed by atoms with Gasteiger partial charge in [0.05, 0.1) is 22.0 Å². The van der Waals surface area contributed by atoms with Gasteiger partial charge in [0.15, 0.2) is 11.6 Å². The van der Waals surface area contributed by atoms with Gasteiger partial charge in [-0.2, -0.15) is 0 Å². The van der Waals surface area contributed by atoms with Crippen molar-refractivity contribution < 1.29 is 17.6 Å². The molecule has 0 fully saturated rings. The van der Waals surface area contributed by atoms with Gasteiger partial charge in [0.2, 0.25) is 0 Å². The highest BCUT2D eigenvalue weighted by Crippen LogP contribution is 2.37. The largest absolute Gasteiger partial charge is 0.403 e. The van der Waals surface area contributed by atoms with Crippen molar-refractivity contribution in [2.24, 2.45) is 0 Å². The molecule has 1 heterocycles. The standard InChI is InChI=1S/C14H7ClF3IN4O/c15-7-4-6(13-22-23-14(20)24-13)12(11(18)10(7)17)21-9-2-1-5(19)3-8(9)16/h1-4,21H,(H2,20,23). The quantitative estimate of drug-likeness (QED) is 0.431. The van der Waals surface area contributed by atoms with Crippen LogP contribution >= 0.6 is 34.2 Å². The van der Waals surface area contributed by atoms with Gasteiger partial charge in [0, 0.05) is 3.57 Å². The van der Waals surface area contributed by atoms with Crippen LogP contribution in [-0.2, 0) is 0 Å². The Morgan fingerprint density at radius 3 is 2.50 bits per heavy atom. The Hall–Kier alpha value is -2.01. The first-order valence-electron chi connectivity index (χ1n) is 6.35. The van der Waals surface area contributed by atoms with Crippen molar-refractivity contribution in [3.63, 3.8) is 0 Å². The molecule has 5 nitrogen and oxygen atoms in total. The van der Waals surface area contributed by atoms with Gasteiger partial charge in [0.25, 0.3) is 5.89 Å². The SMILES string of the molecule is Nc1nnc(-c2cc(Cl)c(F)c(F)c2Nc2ccc(I)cc2F)o1. The second-order valence-electron chi connectivity index (χ2n) is 4.60. The number of halogens is 5. The number of nitrogens with zero attached hydrogens (tertiary/aromatic N) is 2. The van der Waals surface area contributed by atoms with Crippen molar-refractivity contribution >= 4 is 51.6 Å². The molecule has 0 aliphatic rings. The molecular formula is C14H7ClF3IN4O. The average Bonchev–Trinajstić information content (AvgIpc) is 2.96. The molecule has 0 unspecified atom stereocenters. The van der Waals surface area contributed by atoms with E-state index >= 15 is 0 Å². The maximum absolute atomic E-state index is 14.3. The zero-order valence-electron chi connectivity index (χ0n) is 11.6. The van der Waals surface area contributed by atoms with Crippen molar-refractivity contribution in [1.29, 1.82) is 0 Å². The van der Waals surface area contributed by atoms with Gasteiger partial charge in [-0.15, -0.1) is 5.10 Å². The first-order valence-corrected chi connectivity index (χ1v) is 7.81. The summed E-state index contributed by atoms with van der Waals surface area (Å²) in [6.45, 7) is 0. The molecule has 0 bridgehead atoms. The van der Waals surface area contributed by atoms with Crippen LogP contribution in [0.1, 0.15) is 0 Å². The van der Waals surface area contributed by atoms with Gasteiger partial charge in [-0.05, 0) is 46.9 Å². The molecule has 0 aliphatic heterocycles. The summed E-state index contributed by atoms with van der Waals surface area (Å²) < 4.78 is 47.8. The van der Waals surface area contributed by atoms with Crippen LogP contribution in [0.3, 0.4) is 0 Å². The molecule has 0 saturated heterocycles. The van der Waals surface area contributed by atoms with E-state index < -0.39 is 28.2 Å². The Morgan fingerprint density at radius 1 is 1.12 bits per heavy atom. The Kier molecular flexibility index (Phi) is 4.54. The first-order chi connectivity index (χ1) is 11.4. The van der Waals surface area contributed by atoms with Crippen molar-refractivity contribution in [2.45, 2.75) is 0 Å². The first kappa shape index (κ1) is 16.8. The third-order valence-electron chi connectivity index (χ3n) is 3.02. The fourth-order valence-corrected chi connectivity index (χ4v) is 2.60. The second-order valence-corrected chi connectivity index (χ2v) is 6.26. The summed E-state index contributed by atoms with van der Waals surface area (Å²) in [6, 6.07) is 5.03. The molecule has 0 radical (unpaired) electrons. The topological polar surface area (TPSA) is 77.0 Å². The Balaban J connectivity index is 2.16. The lowest BCUT2D eigenvalue weighted by Gasteiger charge is -2.13. The van der Waals surface area contributed by atoms with Crippen molar-refractivity contribution in [1.82, 2.24) is 10.2 Å². The van der Waals surface area contributed by atoms with Gasteiger partial charge in [-0.1, -0.05) is 16.7 Å². The summed E-state index contributed by atoms with van der Waals surface area (Å²) in [7, 11) is 0. The fraction of sp³-hybridized carbons (Fsp3) is 0. The van der Waals surface area contributed by atoms with E-state index in [2.05, 4.69) is 15.5 Å². The van der Waals surface area contributed by atoms with Crippen LogP contribution in [0.4, 0.5) is 30.6 Å². The van der Waals surface area contributed by atoms with E-state index in [1.807, 2.05) is 22.6 Å². The van der Waals surface area contributed by atoms with Crippen molar-refractivity contribution in [3.05, 3.63) is 50.3 Å². The molecule has 3 N–H and O–H groups in total. The molecular weight excluding hydrogens is 460 g/mol. The van der Waals surface area contributed by atoms with Crippen LogP contribution in [0.15, 0.2) is 28.7 Å². The van der Waals surface area contributed by atoms with Crippen LogP contribution in [0.25, 0.3) is 11.5 Å². The maximum Gasteiger partial charge on any atom is 0.313 e. The molecule has 24 heavy (non-hydrogen) atoms. The molecule has 1 aromatic heterocycles. The summed E-state index contributed by atoms with van der Waals surface area (Å²) in [5.41, 5.74) is 4.82.